The van der Waals surface area contributed by atoms with Gasteiger partial charge < -0.3 is 35.3 Å². The largest absolute Gasteiger partial charge is 0.465 e. The second kappa shape index (κ2) is 23.5. The zero-order valence-electron chi connectivity index (χ0n) is 40.1. The van der Waals surface area contributed by atoms with E-state index < -0.39 is 12.1 Å². The lowest BCUT2D eigenvalue weighted by atomic mass is 9.85. The van der Waals surface area contributed by atoms with Crippen LogP contribution < -0.4 is 10.6 Å². The Balaban J connectivity index is 0.938. The number of alkyl carbamates (subject to hydrolysis) is 1. The molecule has 3 amide bonds. The summed E-state index contributed by atoms with van der Waals surface area (Å²) in [6, 6.07) is 16.1. The van der Waals surface area contributed by atoms with Crippen LogP contribution in [-0.2, 0) is 9.53 Å². The number of imidazole rings is 2. The van der Waals surface area contributed by atoms with Gasteiger partial charge in [-0.3, -0.25) is 9.69 Å². The van der Waals surface area contributed by atoms with Crippen LogP contribution in [-0.4, -0.2) is 91.3 Å². The fourth-order valence-electron chi connectivity index (χ4n) is 10.6. The van der Waals surface area contributed by atoms with E-state index in [0.29, 0.717) is 18.3 Å². The van der Waals surface area contributed by atoms with Gasteiger partial charge in [-0.05, 0) is 85.6 Å². The van der Waals surface area contributed by atoms with Crippen LogP contribution in [0.25, 0.3) is 33.6 Å². The molecule has 358 valence electrons. The van der Waals surface area contributed by atoms with E-state index in [0.717, 1.165) is 104 Å². The molecule has 4 aromatic rings. The minimum absolute atomic E-state index is 0.167. The Labute approximate surface area is 392 Å². The van der Waals surface area contributed by atoms with Crippen LogP contribution in [0.2, 0.25) is 0 Å². The first kappa shape index (κ1) is 48.8. The fraction of sp³-hybridized carbons (Fsp3) is 0.604. The maximum Gasteiger partial charge on any atom is 0.407 e. The van der Waals surface area contributed by atoms with Crippen molar-refractivity contribution in [3.63, 3.8) is 0 Å². The summed E-state index contributed by atoms with van der Waals surface area (Å²) >= 11 is 0. The van der Waals surface area contributed by atoms with E-state index in [2.05, 4.69) is 85.9 Å². The highest BCUT2D eigenvalue weighted by atomic mass is 16.5. The Morgan fingerprint density at radius 3 is 1.74 bits per heavy atom. The number of benzene rings is 2. The van der Waals surface area contributed by atoms with Gasteiger partial charge in [-0.25, -0.2) is 19.6 Å². The van der Waals surface area contributed by atoms with Crippen molar-refractivity contribution in [3.05, 3.63) is 72.6 Å². The highest BCUT2D eigenvalue weighted by molar-refractivity contribution is 5.86. The molecule has 2 saturated heterocycles. The van der Waals surface area contributed by atoms with Gasteiger partial charge in [-0.2, -0.15) is 0 Å². The molecule has 0 bridgehead atoms. The molecule has 4 atom stereocenters. The van der Waals surface area contributed by atoms with E-state index in [1.54, 1.807) is 4.90 Å². The monoisotopic (exact) mass is 905 g/mol. The number of H-pyrrole nitrogens is 2. The molecule has 0 unspecified atom stereocenters. The van der Waals surface area contributed by atoms with Crippen molar-refractivity contribution in [2.75, 3.05) is 26.7 Å². The van der Waals surface area contributed by atoms with E-state index >= 15 is 0 Å². The number of carboxylic acid groups (broad SMARTS) is 1. The number of unbranched alkanes of at least 4 members (excludes halogenated alkanes) is 11. The quantitative estimate of drug-likeness (QED) is 0.0410. The van der Waals surface area contributed by atoms with Crippen LogP contribution in [0.1, 0.15) is 166 Å². The summed E-state index contributed by atoms with van der Waals surface area (Å²) in [7, 11) is 1.48. The zero-order chi connectivity index (χ0) is 46.5. The molecule has 2 aliphatic heterocycles. The zero-order valence-corrected chi connectivity index (χ0v) is 40.1. The number of ether oxygens (including phenoxy) is 1. The van der Waals surface area contributed by atoms with E-state index in [4.69, 9.17) is 9.72 Å². The molecular formula is C53H76N8O5. The van der Waals surface area contributed by atoms with Crippen LogP contribution in [0, 0.1) is 11.8 Å². The summed E-state index contributed by atoms with van der Waals surface area (Å²) in [5, 5.41) is 15.1. The molecule has 0 spiro atoms. The molecule has 2 aromatic heterocycles. The highest BCUT2D eigenvalue weighted by Gasteiger charge is 2.48. The van der Waals surface area contributed by atoms with Crippen LogP contribution >= 0.6 is 0 Å². The molecule has 66 heavy (non-hydrogen) atoms. The number of carbonyl (C=O) groups excluding carboxylic acids is 2. The van der Waals surface area contributed by atoms with Gasteiger partial charge in [0.15, 0.2) is 0 Å². The van der Waals surface area contributed by atoms with Crippen LogP contribution in [0.5, 0.6) is 0 Å². The first-order chi connectivity index (χ1) is 32.1. The molecule has 1 saturated carbocycles. The second-order valence-corrected chi connectivity index (χ2v) is 19.7. The average molecular weight is 905 g/mol. The second-order valence-electron chi connectivity index (χ2n) is 19.7. The van der Waals surface area contributed by atoms with Crippen molar-refractivity contribution < 1.29 is 24.2 Å². The van der Waals surface area contributed by atoms with E-state index in [9.17, 15) is 19.5 Å². The number of rotatable bonds is 25. The van der Waals surface area contributed by atoms with Gasteiger partial charge in [-0.1, -0.05) is 146 Å². The Hall–Kier alpha value is -5.17. The Bertz CT molecular complexity index is 2150. The Morgan fingerprint density at radius 2 is 1.23 bits per heavy atom. The van der Waals surface area contributed by atoms with Crippen LogP contribution in [0.3, 0.4) is 0 Å². The third-order valence-electron chi connectivity index (χ3n) is 14.5. The maximum atomic E-state index is 13.4. The summed E-state index contributed by atoms with van der Waals surface area (Å²) in [4.78, 5) is 58.8. The summed E-state index contributed by atoms with van der Waals surface area (Å²) in [6.45, 7) is 8.34. The third kappa shape index (κ3) is 12.6. The molecule has 3 fully saturated rings. The van der Waals surface area contributed by atoms with Crippen molar-refractivity contribution in [2.45, 2.75) is 166 Å². The first-order valence-electron chi connectivity index (χ1n) is 25.3. The maximum absolute atomic E-state index is 13.4. The number of hydrogen-bond acceptors (Lipinski definition) is 7. The SMILES string of the molecule is CCCCCCCCCCCCCC[C@](CN1CCC[C@H]1c1ncc(-c2ccc(-c3ccc(-c4cnc([C@@H]5CCCN5C(=O)[C@@H](NC(=O)O)C(C)C)[nH]4)cc3)cc2)[nH]1)(NC(=O)OC)C1CC1. The van der Waals surface area contributed by atoms with Gasteiger partial charge in [0.1, 0.15) is 17.7 Å². The molecule has 4 heterocycles. The smallest absolute Gasteiger partial charge is 0.407 e. The van der Waals surface area contributed by atoms with Crippen molar-refractivity contribution in [2.24, 2.45) is 11.8 Å². The molecule has 0 radical (unpaired) electrons. The van der Waals surface area contributed by atoms with Crippen molar-refractivity contribution >= 4 is 18.1 Å². The molecule has 7 rings (SSSR count). The number of hydrogen-bond donors (Lipinski definition) is 5. The number of methoxy groups -OCH3 is 1. The molecule has 13 heteroatoms. The number of aromatic amines is 2. The minimum Gasteiger partial charge on any atom is -0.465 e. The number of likely N-dealkylation sites (tertiary alicyclic amines) is 2. The lowest BCUT2D eigenvalue weighted by Crippen LogP contribution is -2.57. The van der Waals surface area contributed by atoms with Gasteiger partial charge in [0.2, 0.25) is 5.91 Å². The standard InChI is InChI=1S/C53H76N8O5/c1-5-6-7-8-9-10-11-12-13-14-15-16-31-53(42-29-30-42,59-52(65)66-4)36-60-32-17-19-45(60)48-54-34-43(56-48)40-25-21-38(22-26-40)39-23-27-41(28-24-39)44-35-55-49(57-44)46-20-18-33-61(46)50(62)47(37(2)3)58-51(63)64/h21-28,34-35,37,42,45-47,58H,5-20,29-33,36H2,1-4H3,(H,54,56)(H,55,57)(H,59,65)(H,63,64)/t45-,46-,47-,53+/m0/s1. The van der Waals surface area contributed by atoms with Gasteiger partial charge in [0.25, 0.3) is 0 Å². The van der Waals surface area contributed by atoms with Gasteiger partial charge in [0.05, 0.1) is 48.5 Å². The molecule has 2 aromatic carbocycles. The van der Waals surface area contributed by atoms with Gasteiger partial charge >= 0.3 is 12.2 Å². The van der Waals surface area contributed by atoms with Crippen molar-refractivity contribution in [1.29, 1.82) is 0 Å². The number of amides is 3. The number of carbonyl (C=O) groups is 3. The fourth-order valence-corrected chi connectivity index (χ4v) is 10.6. The predicted molar refractivity (Wildman–Crippen MR) is 261 cm³/mol. The van der Waals surface area contributed by atoms with Crippen molar-refractivity contribution in [1.82, 2.24) is 40.4 Å². The predicted octanol–water partition coefficient (Wildman–Crippen LogP) is 11.8. The molecule has 1 aliphatic carbocycles. The molecule has 13 nitrogen and oxygen atoms in total. The highest BCUT2D eigenvalue weighted by Crippen LogP contribution is 2.45. The normalized spacial score (nSPS) is 19.0. The Morgan fingerprint density at radius 1 is 0.727 bits per heavy atom. The Kier molecular flexibility index (Phi) is 17.4. The summed E-state index contributed by atoms with van der Waals surface area (Å²) in [6.07, 6.45) is 25.1. The summed E-state index contributed by atoms with van der Waals surface area (Å²) < 4.78 is 5.22. The number of nitrogens with zero attached hydrogens (tertiary/aromatic N) is 4. The van der Waals surface area contributed by atoms with Crippen LogP contribution in [0.4, 0.5) is 9.59 Å². The lowest BCUT2D eigenvalue weighted by molar-refractivity contribution is -0.135. The van der Waals surface area contributed by atoms with Gasteiger partial charge in [-0.15, -0.1) is 0 Å². The number of nitrogens with one attached hydrogen (secondary N) is 4. The molecule has 3 aliphatic rings. The topological polar surface area (TPSA) is 169 Å². The van der Waals surface area contributed by atoms with Crippen LogP contribution in [0.15, 0.2) is 60.9 Å². The molecule has 5 N–H and O–H groups in total. The lowest BCUT2D eigenvalue weighted by Gasteiger charge is -2.40. The van der Waals surface area contributed by atoms with Crippen molar-refractivity contribution in [3.8, 4) is 33.6 Å². The summed E-state index contributed by atoms with van der Waals surface area (Å²) in [5.41, 5.74) is 5.83. The first-order valence-corrected chi connectivity index (χ1v) is 25.3. The van der Waals surface area contributed by atoms with E-state index in [-0.39, 0.29) is 35.5 Å². The third-order valence-corrected chi connectivity index (χ3v) is 14.5. The minimum atomic E-state index is -1.20. The number of aromatic nitrogens is 4. The summed E-state index contributed by atoms with van der Waals surface area (Å²) in [5.74, 6) is 1.79. The van der Waals surface area contributed by atoms with Gasteiger partial charge in [0, 0.05) is 13.1 Å². The molecular weight excluding hydrogens is 829 g/mol. The van der Waals surface area contributed by atoms with E-state index in [1.165, 1.54) is 77.7 Å². The van der Waals surface area contributed by atoms with E-state index in [1.807, 2.05) is 26.2 Å². The average Bonchev–Trinajstić information content (AvgIpc) is 3.72.